The molecule has 0 aliphatic heterocycles. The lowest BCUT2D eigenvalue weighted by atomic mass is 10.2. The Morgan fingerprint density at radius 1 is 0.806 bits per heavy atom. The van der Waals surface area contributed by atoms with E-state index in [0.717, 1.165) is 11.3 Å². The third-order valence-corrected chi connectivity index (χ3v) is 4.51. The lowest BCUT2D eigenvalue weighted by molar-refractivity contribution is 0.101. The number of fused-ring (bicyclic) bond motifs is 1. The molecule has 4 rings (SSSR count). The highest BCUT2D eigenvalue weighted by Gasteiger charge is 2.11. The number of hydrogen-bond donors (Lipinski definition) is 2. The fourth-order valence-electron chi connectivity index (χ4n) is 2.97. The smallest absolute Gasteiger partial charge is 0.275 e. The van der Waals surface area contributed by atoms with Crippen molar-refractivity contribution >= 4 is 34.2 Å². The molecule has 3 aromatic carbocycles. The van der Waals surface area contributed by atoms with Crippen LogP contribution in [0.25, 0.3) is 11.0 Å². The molecule has 7 heteroatoms. The fraction of sp³-hybridized carbons (Fsp3) is 0.0833. The van der Waals surface area contributed by atoms with Gasteiger partial charge in [-0.25, -0.2) is 4.98 Å². The minimum absolute atomic E-state index is 0.219. The Morgan fingerprint density at radius 3 is 2.10 bits per heavy atom. The minimum Gasteiger partial charge on any atom is -0.494 e. The quantitative estimate of drug-likeness (QED) is 0.485. The van der Waals surface area contributed by atoms with E-state index >= 15 is 0 Å². The molecule has 4 aromatic rings. The molecule has 0 atom stereocenters. The van der Waals surface area contributed by atoms with Crippen LogP contribution in [0.3, 0.4) is 0 Å². The zero-order valence-corrected chi connectivity index (χ0v) is 16.8. The van der Waals surface area contributed by atoms with Crippen LogP contribution in [0.2, 0.25) is 0 Å². The van der Waals surface area contributed by atoms with Gasteiger partial charge in [-0.05, 0) is 67.6 Å². The predicted octanol–water partition coefficient (Wildman–Crippen LogP) is 4.53. The number of rotatable bonds is 6. The number of aromatic nitrogens is 2. The zero-order valence-electron chi connectivity index (χ0n) is 16.8. The van der Waals surface area contributed by atoms with Crippen LogP contribution in [-0.2, 0) is 0 Å². The Kier molecular flexibility index (Phi) is 5.84. The van der Waals surface area contributed by atoms with Gasteiger partial charge in [-0.15, -0.1) is 0 Å². The van der Waals surface area contributed by atoms with E-state index < -0.39 is 0 Å². The molecule has 31 heavy (non-hydrogen) atoms. The van der Waals surface area contributed by atoms with Gasteiger partial charge in [-0.1, -0.05) is 12.1 Å². The summed E-state index contributed by atoms with van der Waals surface area (Å²) in [6.07, 6.45) is 1.44. The van der Waals surface area contributed by atoms with Crippen LogP contribution in [0, 0.1) is 0 Å². The Bertz CT molecular complexity index is 1220. The SMILES string of the molecule is CCOc1ccc(NC(=O)c2ccc(NC(=O)c3cnc4ccccc4n3)cc2)cc1. The van der Waals surface area contributed by atoms with Crippen LogP contribution in [0.15, 0.2) is 79.0 Å². The van der Waals surface area contributed by atoms with Crippen molar-refractivity contribution in [3.8, 4) is 5.75 Å². The molecule has 7 nitrogen and oxygen atoms in total. The first kappa shape index (κ1) is 20.0. The van der Waals surface area contributed by atoms with E-state index in [0.29, 0.717) is 29.1 Å². The summed E-state index contributed by atoms with van der Waals surface area (Å²) in [6.45, 7) is 2.50. The maximum absolute atomic E-state index is 12.5. The van der Waals surface area contributed by atoms with Crippen molar-refractivity contribution in [3.05, 3.63) is 90.3 Å². The fourth-order valence-corrected chi connectivity index (χ4v) is 2.97. The normalized spacial score (nSPS) is 10.5. The first-order valence-electron chi connectivity index (χ1n) is 9.80. The third kappa shape index (κ3) is 4.84. The minimum atomic E-state index is -0.371. The van der Waals surface area contributed by atoms with Crippen molar-refractivity contribution in [1.82, 2.24) is 9.97 Å². The van der Waals surface area contributed by atoms with Crippen molar-refractivity contribution in [1.29, 1.82) is 0 Å². The van der Waals surface area contributed by atoms with Crippen LogP contribution in [0.5, 0.6) is 5.75 Å². The Hall–Kier alpha value is -4.26. The van der Waals surface area contributed by atoms with Crippen molar-refractivity contribution in [2.45, 2.75) is 6.92 Å². The summed E-state index contributed by atoms with van der Waals surface area (Å²) in [6, 6.07) is 21.1. The molecule has 0 bridgehead atoms. The van der Waals surface area contributed by atoms with E-state index in [-0.39, 0.29) is 17.5 Å². The van der Waals surface area contributed by atoms with Crippen molar-refractivity contribution in [2.75, 3.05) is 17.2 Å². The number of carbonyl (C=O) groups is 2. The Labute approximate surface area is 179 Å². The maximum atomic E-state index is 12.5. The summed E-state index contributed by atoms with van der Waals surface area (Å²) in [5, 5.41) is 5.60. The maximum Gasteiger partial charge on any atom is 0.275 e. The summed E-state index contributed by atoms with van der Waals surface area (Å²) in [5.74, 6) is 0.129. The van der Waals surface area contributed by atoms with E-state index in [1.165, 1.54) is 6.20 Å². The molecular formula is C24H20N4O3. The standard InChI is InChI=1S/C24H20N4O3/c1-2-31-19-13-11-18(12-14-19)26-23(29)16-7-9-17(10-8-16)27-24(30)22-15-25-20-5-3-4-6-21(20)28-22/h3-15H,2H2,1H3,(H,26,29)(H,27,30). The Morgan fingerprint density at radius 2 is 1.42 bits per heavy atom. The molecule has 154 valence electrons. The molecule has 0 radical (unpaired) electrons. The van der Waals surface area contributed by atoms with Gasteiger partial charge in [0.2, 0.25) is 0 Å². The van der Waals surface area contributed by atoms with Crippen LogP contribution >= 0.6 is 0 Å². The lowest BCUT2D eigenvalue weighted by Crippen LogP contribution is -2.15. The van der Waals surface area contributed by atoms with Crippen LogP contribution in [0.4, 0.5) is 11.4 Å². The van der Waals surface area contributed by atoms with Gasteiger partial charge in [-0.2, -0.15) is 0 Å². The van der Waals surface area contributed by atoms with Gasteiger partial charge >= 0.3 is 0 Å². The van der Waals surface area contributed by atoms with Crippen LogP contribution < -0.4 is 15.4 Å². The van der Waals surface area contributed by atoms with Crippen molar-refractivity contribution in [2.24, 2.45) is 0 Å². The van der Waals surface area contributed by atoms with Gasteiger partial charge in [0.05, 0.1) is 23.8 Å². The number of para-hydroxylation sites is 2. The van der Waals surface area contributed by atoms with Crippen LogP contribution in [0.1, 0.15) is 27.8 Å². The third-order valence-electron chi connectivity index (χ3n) is 4.51. The van der Waals surface area contributed by atoms with Gasteiger partial charge in [0.1, 0.15) is 11.4 Å². The second-order valence-electron chi connectivity index (χ2n) is 6.69. The van der Waals surface area contributed by atoms with E-state index in [1.807, 2.05) is 25.1 Å². The molecule has 2 amide bonds. The van der Waals surface area contributed by atoms with Crippen LogP contribution in [-0.4, -0.2) is 28.4 Å². The van der Waals surface area contributed by atoms with E-state index in [1.54, 1.807) is 54.6 Å². The monoisotopic (exact) mass is 412 g/mol. The van der Waals surface area contributed by atoms with Gasteiger partial charge in [-0.3, -0.25) is 14.6 Å². The van der Waals surface area contributed by atoms with Gasteiger partial charge in [0.25, 0.3) is 11.8 Å². The molecule has 2 N–H and O–H groups in total. The number of hydrogen-bond acceptors (Lipinski definition) is 5. The van der Waals surface area contributed by atoms with Gasteiger partial charge in [0.15, 0.2) is 0 Å². The summed E-state index contributed by atoms with van der Waals surface area (Å²) in [7, 11) is 0. The number of amides is 2. The molecule has 1 aromatic heterocycles. The summed E-state index contributed by atoms with van der Waals surface area (Å²) in [5.41, 5.74) is 3.28. The number of ether oxygens (including phenoxy) is 1. The van der Waals surface area contributed by atoms with E-state index in [2.05, 4.69) is 20.6 Å². The molecule has 0 saturated heterocycles. The summed E-state index contributed by atoms with van der Waals surface area (Å²) in [4.78, 5) is 33.5. The van der Waals surface area contributed by atoms with Gasteiger partial charge in [0, 0.05) is 16.9 Å². The van der Waals surface area contributed by atoms with E-state index in [4.69, 9.17) is 4.74 Å². The summed E-state index contributed by atoms with van der Waals surface area (Å²) >= 11 is 0. The largest absolute Gasteiger partial charge is 0.494 e. The average molecular weight is 412 g/mol. The Balaban J connectivity index is 1.39. The second kappa shape index (κ2) is 9.04. The summed E-state index contributed by atoms with van der Waals surface area (Å²) < 4.78 is 5.39. The zero-order chi connectivity index (χ0) is 21.6. The highest BCUT2D eigenvalue weighted by molar-refractivity contribution is 6.06. The molecular weight excluding hydrogens is 392 g/mol. The number of nitrogens with zero attached hydrogens (tertiary/aromatic N) is 2. The molecule has 1 heterocycles. The topological polar surface area (TPSA) is 93.2 Å². The average Bonchev–Trinajstić information content (AvgIpc) is 2.80. The molecule has 0 saturated carbocycles. The first-order chi connectivity index (χ1) is 15.1. The number of benzene rings is 3. The molecule has 0 aliphatic rings. The highest BCUT2D eigenvalue weighted by atomic mass is 16.5. The lowest BCUT2D eigenvalue weighted by Gasteiger charge is -2.09. The number of anilines is 2. The molecule has 0 aliphatic carbocycles. The van der Waals surface area contributed by atoms with E-state index in [9.17, 15) is 9.59 Å². The molecule has 0 unspecified atom stereocenters. The first-order valence-corrected chi connectivity index (χ1v) is 9.80. The number of nitrogens with one attached hydrogen (secondary N) is 2. The molecule has 0 spiro atoms. The predicted molar refractivity (Wildman–Crippen MR) is 119 cm³/mol. The highest BCUT2D eigenvalue weighted by Crippen LogP contribution is 2.17. The number of carbonyl (C=O) groups excluding carboxylic acids is 2. The van der Waals surface area contributed by atoms with Crippen molar-refractivity contribution in [3.63, 3.8) is 0 Å². The van der Waals surface area contributed by atoms with Crippen molar-refractivity contribution < 1.29 is 14.3 Å². The van der Waals surface area contributed by atoms with Gasteiger partial charge < -0.3 is 15.4 Å². The molecule has 0 fully saturated rings. The second-order valence-corrected chi connectivity index (χ2v) is 6.69.